The molecule has 0 N–H and O–H groups in total. The number of hydrogen-bond acceptors (Lipinski definition) is 0. The molecule has 0 heteroatoms. The fourth-order valence-electron chi connectivity index (χ4n) is 3.15. The van der Waals surface area contributed by atoms with Crippen molar-refractivity contribution < 1.29 is 0 Å². The van der Waals surface area contributed by atoms with Gasteiger partial charge < -0.3 is 0 Å². The molecule has 0 aromatic heterocycles. The molecule has 0 aliphatic heterocycles. The Morgan fingerprint density at radius 1 is 1.47 bits per heavy atom. The fourth-order valence-corrected chi connectivity index (χ4v) is 3.15. The molecule has 0 amide bonds. The van der Waals surface area contributed by atoms with Crippen molar-refractivity contribution in [2.45, 2.75) is 72.1 Å². The highest BCUT2D eigenvalue weighted by Gasteiger charge is 2.21. The van der Waals surface area contributed by atoms with Crippen LogP contribution < -0.4 is 0 Å². The van der Waals surface area contributed by atoms with Crippen molar-refractivity contribution in [1.29, 1.82) is 0 Å². The Balaban J connectivity index is 2.54. The summed E-state index contributed by atoms with van der Waals surface area (Å²) >= 11 is 0. The van der Waals surface area contributed by atoms with Gasteiger partial charge in [0.1, 0.15) is 5.92 Å². The van der Waals surface area contributed by atoms with Crippen molar-refractivity contribution in [3.63, 3.8) is 0 Å². The Kier molecular flexibility index (Phi) is 7.34. The average molecular weight is 261 g/mol. The van der Waals surface area contributed by atoms with Gasteiger partial charge in [0.25, 0.3) is 0 Å². The lowest BCUT2D eigenvalue weighted by Gasteiger charge is -2.25. The van der Waals surface area contributed by atoms with Crippen LogP contribution in [0.1, 0.15) is 72.1 Å². The van der Waals surface area contributed by atoms with E-state index in [1.54, 1.807) is 5.57 Å². The van der Waals surface area contributed by atoms with Gasteiger partial charge in [-0.05, 0) is 50.0 Å². The molecule has 3 atom stereocenters. The average Bonchev–Trinajstić information content (AvgIpc) is 2.43. The van der Waals surface area contributed by atoms with Crippen LogP contribution in [0.5, 0.6) is 0 Å². The number of hydrogen-bond donors (Lipinski definition) is 0. The van der Waals surface area contributed by atoms with E-state index in [1.165, 1.54) is 56.9 Å². The van der Waals surface area contributed by atoms with Crippen LogP contribution in [-0.2, 0) is 0 Å². The van der Waals surface area contributed by atoms with E-state index in [4.69, 9.17) is 0 Å². The minimum absolute atomic E-state index is 0.470. The summed E-state index contributed by atoms with van der Waals surface area (Å²) in [5.41, 5.74) is 3.03. The van der Waals surface area contributed by atoms with Gasteiger partial charge in [-0.25, -0.2) is 0 Å². The summed E-state index contributed by atoms with van der Waals surface area (Å²) in [6.45, 7) is 15.4. The lowest BCUT2D eigenvalue weighted by Crippen LogP contribution is -2.12. The molecule has 19 heavy (non-hydrogen) atoms. The minimum Gasteiger partial charge on any atom is -0.0993 e. The van der Waals surface area contributed by atoms with Crippen molar-refractivity contribution in [1.82, 2.24) is 0 Å². The molecule has 0 aromatic rings. The van der Waals surface area contributed by atoms with Gasteiger partial charge >= 0.3 is 0 Å². The molecule has 0 bridgehead atoms. The van der Waals surface area contributed by atoms with Crippen LogP contribution in [-0.4, -0.2) is 0 Å². The van der Waals surface area contributed by atoms with Gasteiger partial charge in [-0.2, -0.15) is 0 Å². The third-order valence-electron chi connectivity index (χ3n) is 4.65. The molecule has 1 rings (SSSR count). The molecule has 1 aliphatic carbocycles. The minimum atomic E-state index is 0.470. The van der Waals surface area contributed by atoms with Crippen molar-refractivity contribution in [3.05, 3.63) is 30.7 Å². The topological polar surface area (TPSA) is 0 Å². The predicted octanol–water partition coefficient (Wildman–Crippen LogP) is 6.35. The summed E-state index contributed by atoms with van der Waals surface area (Å²) in [6, 6.07) is 0. The number of unbranched alkanes of at least 4 members (excludes halogenated alkanes) is 1. The first-order chi connectivity index (χ1) is 9.08. The van der Waals surface area contributed by atoms with E-state index in [-0.39, 0.29) is 0 Å². The molecule has 0 aromatic carbocycles. The van der Waals surface area contributed by atoms with Crippen LogP contribution in [0.3, 0.4) is 0 Å². The first-order valence-corrected chi connectivity index (χ1v) is 8.29. The Bertz CT molecular complexity index is 295. The summed E-state index contributed by atoms with van der Waals surface area (Å²) in [5, 5.41) is 0. The van der Waals surface area contributed by atoms with Crippen molar-refractivity contribution >= 4 is 0 Å². The predicted molar refractivity (Wildman–Crippen MR) is 87.0 cm³/mol. The second-order valence-corrected chi connectivity index (χ2v) is 6.42. The van der Waals surface area contributed by atoms with Crippen molar-refractivity contribution in [2.75, 3.05) is 0 Å². The summed E-state index contributed by atoms with van der Waals surface area (Å²) in [6.07, 6.45) is 13.0. The molecule has 0 heterocycles. The summed E-state index contributed by atoms with van der Waals surface area (Å²) in [7, 11) is 0. The maximum Gasteiger partial charge on any atom is 0.113 e. The molecule has 108 valence electrons. The van der Waals surface area contributed by atoms with E-state index in [1.807, 2.05) is 0 Å². The Labute approximate surface area is 121 Å². The lowest BCUT2D eigenvalue weighted by molar-refractivity contribution is 0.426. The molecule has 0 spiro atoms. The van der Waals surface area contributed by atoms with Crippen LogP contribution in [0.25, 0.3) is 0 Å². The van der Waals surface area contributed by atoms with Crippen LogP contribution in [0.4, 0.5) is 0 Å². The van der Waals surface area contributed by atoms with E-state index in [9.17, 15) is 0 Å². The highest BCUT2D eigenvalue weighted by Crippen LogP contribution is 2.34. The lowest BCUT2D eigenvalue weighted by atomic mass is 9.79. The van der Waals surface area contributed by atoms with E-state index in [0.29, 0.717) is 11.8 Å². The highest BCUT2D eigenvalue weighted by molar-refractivity contribution is 5.20. The highest BCUT2D eigenvalue weighted by atomic mass is 14.2. The first-order valence-electron chi connectivity index (χ1n) is 8.29. The maximum atomic E-state index is 4.40. The van der Waals surface area contributed by atoms with Gasteiger partial charge in [-0.15, -0.1) is 0 Å². The molecular formula is C19H33+. The first kappa shape index (κ1) is 16.4. The molecule has 1 aliphatic rings. The third kappa shape index (κ3) is 5.47. The van der Waals surface area contributed by atoms with E-state index < -0.39 is 0 Å². The van der Waals surface area contributed by atoms with Crippen molar-refractivity contribution in [3.8, 4) is 0 Å². The second-order valence-electron chi connectivity index (χ2n) is 6.42. The molecule has 0 saturated heterocycles. The summed E-state index contributed by atoms with van der Waals surface area (Å²) in [5.74, 6) is 1.95. The zero-order valence-electron chi connectivity index (χ0n) is 13.4. The quantitative estimate of drug-likeness (QED) is 0.353. The third-order valence-corrected chi connectivity index (χ3v) is 4.65. The van der Waals surface area contributed by atoms with Gasteiger partial charge in [-0.1, -0.05) is 57.8 Å². The van der Waals surface area contributed by atoms with E-state index in [2.05, 4.69) is 40.3 Å². The van der Waals surface area contributed by atoms with E-state index >= 15 is 0 Å². The fraction of sp³-hybridized carbons (Fsp3) is 0.737. The standard InChI is InChI=1S/C19H33/c1-6-8-10-17(7-2)13-16(5)19-12-9-11-18(14-19)15(3)4/h14-15,17,19H,3,5-13H2,1-2,4H3/q+1/t15?,17?,19-/m1/s1. The van der Waals surface area contributed by atoms with Crippen LogP contribution in [0.2, 0.25) is 0 Å². The molecule has 0 saturated carbocycles. The van der Waals surface area contributed by atoms with Crippen LogP contribution in [0, 0.1) is 24.7 Å². The molecule has 0 fully saturated rings. The summed E-state index contributed by atoms with van der Waals surface area (Å²) in [4.78, 5) is 0. The van der Waals surface area contributed by atoms with Gasteiger partial charge in [0.2, 0.25) is 0 Å². The zero-order valence-corrected chi connectivity index (χ0v) is 13.4. The number of allylic oxidation sites excluding steroid dienone is 3. The Hall–Kier alpha value is -0.650. The van der Waals surface area contributed by atoms with E-state index in [0.717, 1.165) is 5.92 Å². The SMILES string of the molecule is C=C(CC(CC)CCCC)[C@H]1C=C(C([CH2+])C)CCC1. The largest absolute Gasteiger partial charge is 0.113 e. The maximum absolute atomic E-state index is 4.40. The zero-order chi connectivity index (χ0) is 14.3. The smallest absolute Gasteiger partial charge is 0.0993 e. The van der Waals surface area contributed by atoms with Crippen molar-refractivity contribution in [2.24, 2.45) is 17.8 Å². The summed E-state index contributed by atoms with van der Waals surface area (Å²) < 4.78 is 0. The Morgan fingerprint density at radius 2 is 2.21 bits per heavy atom. The van der Waals surface area contributed by atoms with Gasteiger partial charge in [-0.3, -0.25) is 0 Å². The van der Waals surface area contributed by atoms with Gasteiger partial charge in [0.15, 0.2) is 0 Å². The molecule has 0 nitrogen and oxygen atoms in total. The van der Waals surface area contributed by atoms with Gasteiger partial charge in [0.05, 0.1) is 6.92 Å². The molecule has 2 unspecified atom stereocenters. The van der Waals surface area contributed by atoms with Crippen LogP contribution >= 0.6 is 0 Å². The van der Waals surface area contributed by atoms with Gasteiger partial charge in [0, 0.05) is 0 Å². The van der Waals surface area contributed by atoms with Crippen LogP contribution in [0.15, 0.2) is 23.8 Å². The second kappa shape index (κ2) is 8.51. The number of rotatable bonds is 8. The normalized spacial score (nSPS) is 22.7. The Morgan fingerprint density at radius 3 is 2.79 bits per heavy atom. The molecular weight excluding hydrogens is 228 g/mol. The monoisotopic (exact) mass is 261 g/mol. The molecule has 0 radical (unpaired) electrons.